The molecule has 1 fully saturated rings. The summed E-state index contributed by atoms with van der Waals surface area (Å²) >= 11 is 3.92. The van der Waals surface area contributed by atoms with Crippen LogP contribution >= 0.6 is 12.6 Å². The number of thiol groups is 1. The third kappa shape index (κ3) is 3.46. The number of rotatable bonds is 3. The molecule has 6 nitrogen and oxygen atoms in total. The van der Waals surface area contributed by atoms with Crippen molar-refractivity contribution in [1.29, 1.82) is 0 Å². The van der Waals surface area contributed by atoms with Gasteiger partial charge in [0.1, 0.15) is 11.4 Å². The van der Waals surface area contributed by atoms with Crippen LogP contribution in [-0.4, -0.2) is 40.4 Å². The van der Waals surface area contributed by atoms with Crippen LogP contribution in [0.25, 0.3) is 16.6 Å². The molecule has 1 aliphatic carbocycles. The lowest BCUT2D eigenvalue weighted by molar-refractivity contribution is 0.331. The maximum Gasteiger partial charge on any atom is 0.552 e. The normalized spacial score (nSPS) is 22.0. The second-order valence-corrected chi connectivity index (χ2v) is 6.61. The van der Waals surface area contributed by atoms with Gasteiger partial charge in [0.05, 0.1) is 6.20 Å². The zero-order valence-electron chi connectivity index (χ0n) is 13.5. The Morgan fingerprint density at radius 2 is 2.25 bits per heavy atom. The number of fused-ring (bicyclic) bond motifs is 3. The Hall–Kier alpha value is -1.48. The lowest BCUT2D eigenvalue weighted by Crippen LogP contribution is -2.38. The predicted molar refractivity (Wildman–Crippen MR) is 101 cm³/mol. The average molecular weight is 346 g/mol. The van der Waals surface area contributed by atoms with Gasteiger partial charge in [0.15, 0.2) is 0 Å². The Morgan fingerprint density at radius 1 is 1.46 bits per heavy atom. The van der Waals surface area contributed by atoms with E-state index in [2.05, 4.69) is 22.6 Å². The summed E-state index contributed by atoms with van der Waals surface area (Å²) in [6, 6.07) is 2.27. The molecule has 8 heteroatoms. The molecule has 0 unspecified atom stereocenters. The number of hydrogen-bond donors (Lipinski definition) is 5. The second-order valence-electron chi connectivity index (χ2n) is 6.16. The van der Waals surface area contributed by atoms with Crippen LogP contribution in [-0.2, 0) is 0 Å². The first-order valence-electron chi connectivity index (χ1n) is 8.23. The van der Waals surface area contributed by atoms with Crippen molar-refractivity contribution >= 4 is 36.4 Å². The van der Waals surface area contributed by atoms with E-state index in [1.165, 1.54) is 0 Å². The summed E-state index contributed by atoms with van der Waals surface area (Å²) in [5.41, 5.74) is 14.0. The van der Waals surface area contributed by atoms with Crippen molar-refractivity contribution in [1.82, 2.24) is 9.97 Å². The molecule has 24 heavy (non-hydrogen) atoms. The third-order valence-electron chi connectivity index (χ3n) is 4.39. The monoisotopic (exact) mass is 346 g/mol. The van der Waals surface area contributed by atoms with Crippen molar-refractivity contribution in [2.24, 2.45) is 17.4 Å². The van der Waals surface area contributed by atoms with Crippen molar-refractivity contribution in [2.45, 2.75) is 25.3 Å². The topological polar surface area (TPSA) is 110 Å². The first-order valence-corrected chi connectivity index (χ1v) is 8.86. The fraction of sp³-hybridized carbons (Fsp3) is 0.438. The quantitative estimate of drug-likeness (QED) is 0.426. The van der Waals surface area contributed by atoms with Gasteiger partial charge in [-0.3, -0.25) is 0 Å². The number of nitrogens with zero attached hydrogens (tertiary/aromatic N) is 1. The van der Waals surface area contributed by atoms with E-state index in [4.69, 9.17) is 16.1 Å². The van der Waals surface area contributed by atoms with Crippen LogP contribution in [0.1, 0.15) is 24.8 Å². The molecule has 2 aromatic rings. The maximum absolute atomic E-state index is 9.82. The van der Waals surface area contributed by atoms with Crippen molar-refractivity contribution in [3.05, 3.63) is 30.0 Å². The van der Waals surface area contributed by atoms with E-state index in [1.54, 1.807) is 12.2 Å². The molecule has 6 N–H and O–H groups in total. The highest BCUT2D eigenvalue weighted by atomic mass is 32.1. The molecule has 2 aliphatic rings. The van der Waals surface area contributed by atoms with Crippen LogP contribution < -0.4 is 16.1 Å². The minimum Gasteiger partial charge on any atom is -0.531 e. The fourth-order valence-electron chi connectivity index (χ4n) is 3.13. The molecule has 1 aliphatic heterocycles. The standard InChI is InChI=1S/C13H14BN3O2.C3H9NS/c15-8-3-7(4-8)10-5-14(18)19-11-6-17-13-9(12(10)11)1-2-16-13;4-2-1-3-5/h1-2,5-8,18H,3-4,15H2,(H,16,17);5H,1-4H2. The van der Waals surface area contributed by atoms with Gasteiger partial charge in [-0.25, -0.2) is 4.98 Å². The number of nitrogens with one attached hydrogen (secondary N) is 1. The van der Waals surface area contributed by atoms with E-state index in [1.807, 2.05) is 12.3 Å². The Balaban J connectivity index is 0.000000300. The highest BCUT2D eigenvalue weighted by Crippen LogP contribution is 2.45. The number of aromatic nitrogens is 2. The largest absolute Gasteiger partial charge is 0.552 e. The number of pyridine rings is 1. The Bertz CT molecular complexity index is 728. The average Bonchev–Trinajstić information content (AvgIpc) is 3.01. The SMILES string of the molecule is NC1CC(C2=CB(O)Oc3cnc4[nH]ccc4c32)C1.NCCCS. The van der Waals surface area contributed by atoms with Crippen molar-refractivity contribution < 1.29 is 9.68 Å². The molecule has 128 valence electrons. The molecule has 0 bridgehead atoms. The molecule has 0 atom stereocenters. The van der Waals surface area contributed by atoms with Gasteiger partial charge >= 0.3 is 7.12 Å². The van der Waals surface area contributed by atoms with Crippen LogP contribution in [0.5, 0.6) is 5.75 Å². The number of allylic oxidation sites excluding steroid dienone is 1. The number of aromatic amines is 1. The summed E-state index contributed by atoms with van der Waals surface area (Å²) in [6.45, 7) is 0.767. The number of H-pyrrole nitrogens is 1. The Kier molecular flexibility index (Phi) is 5.50. The second kappa shape index (κ2) is 7.61. The summed E-state index contributed by atoms with van der Waals surface area (Å²) in [6.07, 6.45) is 6.50. The molecule has 0 spiro atoms. The summed E-state index contributed by atoms with van der Waals surface area (Å²) in [5.74, 6) is 3.77. The molecular formula is C16H23BN4O2S. The highest BCUT2D eigenvalue weighted by molar-refractivity contribution is 7.80. The zero-order valence-corrected chi connectivity index (χ0v) is 14.4. The molecule has 0 radical (unpaired) electrons. The first-order chi connectivity index (χ1) is 11.6. The Morgan fingerprint density at radius 3 is 2.88 bits per heavy atom. The molecule has 0 saturated heterocycles. The summed E-state index contributed by atoms with van der Waals surface area (Å²) in [7, 11) is -0.891. The highest BCUT2D eigenvalue weighted by Gasteiger charge is 2.36. The summed E-state index contributed by atoms with van der Waals surface area (Å²) in [5, 5.41) is 10.9. The number of nitrogens with two attached hydrogens (primary N) is 2. The fourth-order valence-corrected chi connectivity index (χ4v) is 3.31. The first kappa shape index (κ1) is 17.4. The van der Waals surface area contributed by atoms with Gasteiger partial charge in [-0.2, -0.15) is 12.6 Å². The van der Waals surface area contributed by atoms with Crippen LogP contribution in [0.3, 0.4) is 0 Å². The van der Waals surface area contributed by atoms with Gasteiger partial charge in [-0.1, -0.05) is 0 Å². The molecule has 2 aromatic heterocycles. The minimum absolute atomic E-state index is 0.276. The van der Waals surface area contributed by atoms with E-state index >= 15 is 0 Å². The number of hydrogen-bond acceptors (Lipinski definition) is 6. The molecule has 1 saturated carbocycles. The van der Waals surface area contributed by atoms with Gasteiger partial charge in [0, 0.05) is 23.2 Å². The van der Waals surface area contributed by atoms with Gasteiger partial charge < -0.3 is 26.1 Å². The maximum atomic E-state index is 9.82. The van der Waals surface area contributed by atoms with E-state index < -0.39 is 7.12 Å². The van der Waals surface area contributed by atoms with Crippen LogP contribution in [0, 0.1) is 5.92 Å². The van der Waals surface area contributed by atoms with Crippen molar-refractivity contribution in [3.8, 4) is 5.75 Å². The lowest BCUT2D eigenvalue weighted by atomic mass is 9.68. The van der Waals surface area contributed by atoms with Gasteiger partial charge in [-0.15, -0.1) is 0 Å². The molecule has 4 rings (SSSR count). The molecular weight excluding hydrogens is 323 g/mol. The van der Waals surface area contributed by atoms with Crippen LogP contribution in [0.4, 0.5) is 0 Å². The van der Waals surface area contributed by atoms with E-state index in [9.17, 15) is 5.02 Å². The third-order valence-corrected chi connectivity index (χ3v) is 4.70. The Labute approximate surface area is 147 Å². The molecule has 0 aromatic carbocycles. The molecule has 0 amide bonds. The van der Waals surface area contributed by atoms with Gasteiger partial charge in [0.2, 0.25) is 0 Å². The zero-order chi connectivity index (χ0) is 17.1. The lowest BCUT2D eigenvalue weighted by Gasteiger charge is -2.36. The van der Waals surface area contributed by atoms with Gasteiger partial charge in [-0.05, 0) is 55.1 Å². The summed E-state index contributed by atoms with van der Waals surface area (Å²) in [4.78, 5) is 7.40. The smallest absolute Gasteiger partial charge is 0.531 e. The summed E-state index contributed by atoms with van der Waals surface area (Å²) < 4.78 is 5.46. The minimum atomic E-state index is -0.891. The van der Waals surface area contributed by atoms with Crippen molar-refractivity contribution in [3.63, 3.8) is 0 Å². The van der Waals surface area contributed by atoms with Crippen LogP contribution in [0.2, 0.25) is 0 Å². The van der Waals surface area contributed by atoms with E-state index in [0.717, 1.165) is 53.7 Å². The molecule has 3 heterocycles. The van der Waals surface area contributed by atoms with Crippen molar-refractivity contribution in [2.75, 3.05) is 12.3 Å². The van der Waals surface area contributed by atoms with Crippen LogP contribution in [0.15, 0.2) is 24.4 Å². The predicted octanol–water partition coefficient (Wildman–Crippen LogP) is 1.36. The van der Waals surface area contributed by atoms with E-state index in [-0.39, 0.29) is 6.04 Å². The van der Waals surface area contributed by atoms with E-state index in [0.29, 0.717) is 11.7 Å². The van der Waals surface area contributed by atoms with Gasteiger partial charge in [0.25, 0.3) is 0 Å².